The predicted molar refractivity (Wildman–Crippen MR) is 99.8 cm³/mol. The summed E-state index contributed by atoms with van der Waals surface area (Å²) in [6, 6.07) is 19.7. The molecule has 0 fully saturated rings. The van der Waals surface area contributed by atoms with E-state index in [0.29, 0.717) is 17.8 Å². The minimum Gasteiger partial charge on any atom is -0.341 e. The van der Waals surface area contributed by atoms with Crippen molar-refractivity contribution >= 4 is 17.6 Å². The molecule has 1 atom stereocenters. The van der Waals surface area contributed by atoms with E-state index in [1.807, 2.05) is 60.7 Å². The Balaban J connectivity index is 1.77. The highest BCUT2D eigenvalue weighted by Gasteiger charge is 2.22. The van der Waals surface area contributed by atoms with E-state index in [9.17, 15) is 9.59 Å². The van der Waals surface area contributed by atoms with Crippen molar-refractivity contribution in [1.29, 1.82) is 0 Å². The van der Waals surface area contributed by atoms with Gasteiger partial charge in [-0.1, -0.05) is 55.5 Å². The molecule has 6 nitrogen and oxygen atoms in total. The number of amides is 2. The van der Waals surface area contributed by atoms with E-state index in [2.05, 4.69) is 15.7 Å². The Kier molecular flexibility index (Phi) is 5.43. The number of hydrogen-bond donors (Lipinski definition) is 2. The Bertz CT molecular complexity index is 875. The minimum absolute atomic E-state index is 0.191. The van der Waals surface area contributed by atoms with Crippen molar-refractivity contribution in [3.8, 4) is 5.69 Å². The van der Waals surface area contributed by atoms with E-state index < -0.39 is 6.04 Å². The Labute approximate surface area is 151 Å². The molecule has 0 saturated heterocycles. The molecule has 132 valence electrons. The summed E-state index contributed by atoms with van der Waals surface area (Å²) >= 11 is 0. The summed E-state index contributed by atoms with van der Waals surface area (Å²) in [4.78, 5) is 24.6. The summed E-state index contributed by atoms with van der Waals surface area (Å²) < 4.78 is 1.68. The first-order chi connectivity index (χ1) is 12.7. The smallest absolute Gasteiger partial charge is 0.252 e. The Hall–Kier alpha value is -3.41. The molecule has 0 radical (unpaired) electrons. The number of nitrogens with zero attached hydrogens (tertiary/aromatic N) is 2. The van der Waals surface area contributed by atoms with E-state index in [1.54, 1.807) is 23.9 Å². The third-order valence-electron chi connectivity index (χ3n) is 3.88. The maximum Gasteiger partial charge on any atom is 0.252 e. The number of benzene rings is 2. The van der Waals surface area contributed by atoms with Gasteiger partial charge in [0, 0.05) is 18.7 Å². The SMILES string of the molecule is CCC(=O)NC(C(=O)Nc1ccn(-c2ccccc2)n1)c1ccccc1. The van der Waals surface area contributed by atoms with E-state index in [0.717, 1.165) is 5.69 Å². The van der Waals surface area contributed by atoms with Crippen LogP contribution < -0.4 is 10.6 Å². The third-order valence-corrected chi connectivity index (χ3v) is 3.88. The summed E-state index contributed by atoms with van der Waals surface area (Å²) in [5.74, 6) is -0.106. The highest BCUT2D eigenvalue weighted by Crippen LogP contribution is 2.16. The van der Waals surface area contributed by atoms with Crippen molar-refractivity contribution < 1.29 is 9.59 Å². The molecule has 2 amide bonds. The maximum absolute atomic E-state index is 12.7. The molecule has 1 unspecified atom stereocenters. The average Bonchev–Trinajstić information content (AvgIpc) is 3.15. The number of para-hydroxylation sites is 1. The van der Waals surface area contributed by atoms with Crippen LogP contribution >= 0.6 is 0 Å². The van der Waals surface area contributed by atoms with Crippen LogP contribution in [0.2, 0.25) is 0 Å². The van der Waals surface area contributed by atoms with Crippen molar-refractivity contribution in [3.05, 3.63) is 78.5 Å². The van der Waals surface area contributed by atoms with Gasteiger partial charge in [-0.15, -0.1) is 0 Å². The van der Waals surface area contributed by atoms with E-state index in [4.69, 9.17) is 0 Å². The Morgan fingerprint density at radius 3 is 2.31 bits per heavy atom. The molecule has 0 saturated carbocycles. The molecule has 26 heavy (non-hydrogen) atoms. The quantitative estimate of drug-likeness (QED) is 0.719. The molecule has 2 aromatic carbocycles. The van der Waals surface area contributed by atoms with E-state index >= 15 is 0 Å². The number of rotatable bonds is 6. The highest BCUT2D eigenvalue weighted by molar-refractivity contribution is 5.97. The summed E-state index contributed by atoms with van der Waals surface area (Å²) in [6.45, 7) is 1.75. The van der Waals surface area contributed by atoms with Crippen molar-refractivity contribution in [2.24, 2.45) is 0 Å². The monoisotopic (exact) mass is 348 g/mol. The van der Waals surface area contributed by atoms with Gasteiger partial charge >= 0.3 is 0 Å². The molecule has 6 heteroatoms. The number of aromatic nitrogens is 2. The fourth-order valence-corrected chi connectivity index (χ4v) is 2.52. The van der Waals surface area contributed by atoms with Gasteiger partial charge in [-0.25, -0.2) is 4.68 Å². The number of nitrogens with one attached hydrogen (secondary N) is 2. The second-order valence-corrected chi connectivity index (χ2v) is 5.74. The lowest BCUT2D eigenvalue weighted by molar-refractivity contribution is -0.126. The zero-order valence-corrected chi connectivity index (χ0v) is 14.4. The summed E-state index contributed by atoms with van der Waals surface area (Å²) in [5, 5.41) is 9.90. The van der Waals surface area contributed by atoms with Gasteiger partial charge < -0.3 is 10.6 Å². The van der Waals surface area contributed by atoms with Crippen LogP contribution in [0.3, 0.4) is 0 Å². The van der Waals surface area contributed by atoms with Crippen LogP contribution in [0, 0.1) is 0 Å². The molecule has 0 spiro atoms. The first kappa shape index (κ1) is 17.4. The van der Waals surface area contributed by atoms with Crippen molar-refractivity contribution in [1.82, 2.24) is 15.1 Å². The van der Waals surface area contributed by atoms with Gasteiger partial charge in [0.2, 0.25) is 5.91 Å². The van der Waals surface area contributed by atoms with Crippen LogP contribution in [0.25, 0.3) is 5.69 Å². The highest BCUT2D eigenvalue weighted by atomic mass is 16.2. The normalized spacial score (nSPS) is 11.6. The molecular formula is C20H20N4O2. The summed E-state index contributed by atoms with van der Waals surface area (Å²) in [6.07, 6.45) is 2.08. The molecule has 2 N–H and O–H groups in total. The first-order valence-electron chi connectivity index (χ1n) is 8.43. The lowest BCUT2D eigenvalue weighted by Gasteiger charge is -2.18. The Morgan fingerprint density at radius 2 is 1.65 bits per heavy atom. The molecule has 1 aromatic heterocycles. The Morgan fingerprint density at radius 1 is 1.00 bits per heavy atom. The molecule has 0 aliphatic rings. The molecule has 0 aliphatic heterocycles. The topological polar surface area (TPSA) is 76.0 Å². The zero-order valence-electron chi connectivity index (χ0n) is 14.4. The van der Waals surface area contributed by atoms with Crippen LogP contribution in [0.15, 0.2) is 72.9 Å². The van der Waals surface area contributed by atoms with Gasteiger partial charge in [0.25, 0.3) is 5.91 Å². The molecule has 0 aliphatic carbocycles. The molecule has 3 rings (SSSR count). The fourth-order valence-electron chi connectivity index (χ4n) is 2.52. The summed E-state index contributed by atoms with van der Waals surface area (Å²) in [5.41, 5.74) is 1.61. The largest absolute Gasteiger partial charge is 0.341 e. The number of carbonyl (C=O) groups is 2. The van der Waals surface area contributed by atoms with Crippen LogP contribution in [0.5, 0.6) is 0 Å². The van der Waals surface area contributed by atoms with Crippen LogP contribution in [-0.2, 0) is 9.59 Å². The second-order valence-electron chi connectivity index (χ2n) is 5.74. The molecule has 1 heterocycles. The van der Waals surface area contributed by atoms with Gasteiger partial charge in [-0.3, -0.25) is 9.59 Å². The van der Waals surface area contributed by atoms with Crippen LogP contribution in [0.1, 0.15) is 24.9 Å². The minimum atomic E-state index is -0.773. The third kappa shape index (κ3) is 4.16. The lowest BCUT2D eigenvalue weighted by atomic mass is 10.1. The van der Waals surface area contributed by atoms with E-state index in [1.165, 1.54) is 0 Å². The number of hydrogen-bond acceptors (Lipinski definition) is 3. The molecule has 0 bridgehead atoms. The zero-order chi connectivity index (χ0) is 18.4. The van der Waals surface area contributed by atoms with Gasteiger partial charge in [-0.05, 0) is 17.7 Å². The lowest BCUT2D eigenvalue weighted by Crippen LogP contribution is -2.36. The van der Waals surface area contributed by atoms with Gasteiger partial charge in [0.05, 0.1) is 5.69 Å². The molecular weight excluding hydrogens is 328 g/mol. The standard InChI is InChI=1S/C20H20N4O2/c1-2-18(25)22-19(15-9-5-3-6-10-15)20(26)21-17-13-14-24(23-17)16-11-7-4-8-12-16/h3-14,19H,2H2,1H3,(H,22,25)(H,21,23,26). The first-order valence-corrected chi connectivity index (χ1v) is 8.43. The van der Waals surface area contributed by atoms with Crippen molar-refractivity contribution in [2.45, 2.75) is 19.4 Å². The number of anilines is 1. The second kappa shape index (κ2) is 8.11. The van der Waals surface area contributed by atoms with E-state index in [-0.39, 0.29) is 11.8 Å². The van der Waals surface area contributed by atoms with Crippen molar-refractivity contribution in [3.63, 3.8) is 0 Å². The van der Waals surface area contributed by atoms with Crippen LogP contribution in [-0.4, -0.2) is 21.6 Å². The average molecular weight is 348 g/mol. The number of carbonyl (C=O) groups excluding carboxylic acids is 2. The van der Waals surface area contributed by atoms with Gasteiger partial charge in [0.1, 0.15) is 6.04 Å². The predicted octanol–water partition coefficient (Wildman–Crippen LogP) is 3.08. The van der Waals surface area contributed by atoms with Gasteiger partial charge in [0.15, 0.2) is 5.82 Å². The maximum atomic E-state index is 12.7. The van der Waals surface area contributed by atoms with Gasteiger partial charge in [-0.2, -0.15) is 5.10 Å². The van der Waals surface area contributed by atoms with Crippen LogP contribution in [0.4, 0.5) is 5.82 Å². The van der Waals surface area contributed by atoms with Crippen molar-refractivity contribution in [2.75, 3.05) is 5.32 Å². The fraction of sp³-hybridized carbons (Fsp3) is 0.150. The molecule has 3 aromatic rings. The summed E-state index contributed by atoms with van der Waals surface area (Å²) in [7, 11) is 0.